The molecule has 1 atom stereocenters. The molecule has 0 saturated carbocycles. The van der Waals surface area contributed by atoms with Gasteiger partial charge in [0.1, 0.15) is 0 Å². The molecular weight excluding hydrogens is 280 g/mol. The third-order valence-corrected chi connectivity index (χ3v) is 3.66. The maximum Gasteiger partial charge on any atom is 0.0639 e. The first-order chi connectivity index (χ1) is 13.5. The van der Waals surface area contributed by atoms with Crippen LogP contribution in [0.2, 0.25) is 5.02 Å². The molecule has 1 aliphatic heterocycles. The van der Waals surface area contributed by atoms with Crippen molar-refractivity contribution >= 4 is 11.6 Å². The highest BCUT2D eigenvalue weighted by Gasteiger charge is 2.25. The van der Waals surface area contributed by atoms with Crippen molar-refractivity contribution in [3.05, 3.63) is 70.7 Å². The highest BCUT2D eigenvalue weighted by molar-refractivity contribution is 6.30. The molecule has 2 aromatic carbocycles. The van der Waals surface area contributed by atoms with Crippen LogP contribution in [0.5, 0.6) is 0 Å². The summed E-state index contributed by atoms with van der Waals surface area (Å²) in [4.78, 5) is 3.05. The number of benzene rings is 2. The zero-order valence-electron chi connectivity index (χ0n) is 19.5. The van der Waals surface area contributed by atoms with Crippen LogP contribution in [0.4, 0.5) is 0 Å². The highest BCUT2D eigenvalue weighted by Crippen LogP contribution is 2.30. The Balaban J connectivity index is 2.16. The Morgan fingerprint density at radius 3 is 2.33 bits per heavy atom. The van der Waals surface area contributed by atoms with E-state index < -0.39 is 25.1 Å². The Labute approximate surface area is 143 Å². The first-order valence-electron chi connectivity index (χ1n) is 10.8. The zero-order valence-corrected chi connectivity index (χ0v) is 12.2. The van der Waals surface area contributed by atoms with Gasteiger partial charge >= 0.3 is 0 Å². The second-order valence-corrected chi connectivity index (χ2v) is 5.26. The molecule has 2 nitrogen and oxygen atoms in total. The summed E-state index contributed by atoms with van der Waals surface area (Å²) >= 11 is 5.95. The van der Waals surface area contributed by atoms with Crippen LogP contribution in [0.25, 0.3) is 0 Å². The van der Waals surface area contributed by atoms with E-state index in [2.05, 4.69) is 0 Å². The Hall–Kier alpha value is -1.35. The SMILES string of the molecule is [2H]c1c([2H])c(C([2H])(c2ccccc2)N2CCN(C([2H])([2H])[2H])CC2)c([2H])c([2H])c1Cl. The lowest BCUT2D eigenvalue weighted by Gasteiger charge is -2.38. The number of hydrogen-bond donors (Lipinski definition) is 0. The van der Waals surface area contributed by atoms with Crippen molar-refractivity contribution in [1.82, 2.24) is 9.80 Å². The van der Waals surface area contributed by atoms with Gasteiger partial charge in [0, 0.05) is 35.3 Å². The number of halogens is 1. The van der Waals surface area contributed by atoms with E-state index >= 15 is 0 Å². The summed E-state index contributed by atoms with van der Waals surface area (Å²) in [5, 5.41) is -0.286. The third kappa shape index (κ3) is 3.46. The van der Waals surface area contributed by atoms with E-state index in [0.29, 0.717) is 5.56 Å². The number of piperazine rings is 1. The summed E-state index contributed by atoms with van der Waals surface area (Å²) in [7, 11) is 0. The molecule has 1 heterocycles. The van der Waals surface area contributed by atoms with Crippen molar-refractivity contribution in [1.29, 1.82) is 0 Å². The molecule has 110 valence electrons. The lowest BCUT2D eigenvalue weighted by Crippen LogP contribution is -2.46. The molecule has 3 rings (SSSR count). The molecule has 21 heavy (non-hydrogen) atoms. The van der Waals surface area contributed by atoms with Crippen molar-refractivity contribution < 1.29 is 11.0 Å². The van der Waals surface area contributed by atoms with Gasteiger partial charge in [0.2, 0.25) is 0 Å². The van der Waals surface area contributed by atoms with Crippen LogP contribution in [-0.2, 0) is 0 Å². The smallest absolute Gasteiger partial charge is 0.0639 e. The molecule has 0 aromatic heterocycles. The molecule has 0 aliphatic carbocycles. The second kappa shape index (κ2) is 6.61. The first-order valence-corrected chi connectivity index (χ1v) is 7.19. The van der Waals surface area contributed by atoms with Crippen molar-refractivity contribution in [2.75, 3.05) is 33.2 Å². The van der Waals surface area contributed by atoms with Gasteiger partial charge in [-0.05, 0) is 30.2 Å². The van der Waals surface area contributed by atoms with E-state index in [0.717, 1.165) is 0 Å². The predicted octanol–water partition coefficient (Wildman–Crippen LogP) is 3.68. The average Bonchev–Trinajstić information content (AvgIpc) is 2.71. The normalized spacial score (nSPS) is 26.1. The van der Waals surface area contributed by atoms with Crippen molar-refractivity contribution in [3.63, 3.8) is 0 Å². The first kappa shape index (κ1) is 7.77. The van der Waals surface area contributed by atoms with Gasteiger partial charge in [-0.15, -0.1) is 0 Å². The minimum atomic E-state index is -2.23. The van der Waals surface area contributed by atoms with Gasteiger partial charge in [-0.2, -0.15) is 0 Å². The summed E-state index contributed by atoms with van der Waals surface area (Å²) in [6, 6.07) is 5.41. The average molecular weight is 309 g/mol. The second-order valence-electron chi connectivity index (χ2n) is 4.88. The van der Waals surface area contributed by atoms with Crippen LogP contribution >= 0.6 is 11.6 Å². The number of hydrogen-bond acceptors (Lipinski definition) is 2. The van der Waals surface area contributed by atoms with E-state index in [4.69, 9.17) is 21.2 Å². The minimum absolute atomic E-state index is 0.0922. The molecule has 3 heteroatoms. The summed E-state index contributed by atoms with van der Waals surface area (Å²) < 4.78 is 65.2. The molecular formula is C18H21ClN2. The summed E-state index contributed by atoms with van der Waals surface area (Å²) in [6.07, 6.45) is 0. The number of likely N-dealkylation sites (N-methyl/N-ethyl adjacent to an activating group) is 1. The quantitative estimate of drug-likeness (QED) is 0.853. The third-order valence-electron chi connectivity index (χ3n) is 3.47. The van der Waals surface area contributed by atoms with E-state index in [1.54, 1.807) is 35.2 Å². The molecule has 0 radical (unpaired) electrons. The van der Waals surface area contributed by atoms with Crippen LogP contribution in [-0.4, -0.2) is 43.0 Å². The Morgan fingerprint density at radius 2 is 1.71 bits per heavy atom. The van der Waals surface area contributed by atoms with Gasteiger partial charge in [0.15, 0.2) is 0 Å². The minimum Gasteiger partial charge on any atom is -0.304 e. The van der Waals surface area contributed by atoms with E-state index in [1.165, 1.54) is 4.90 Å². The van der Waals surface area contributed by atoms with Crippen LogP contribution in [0.15, 0.2) is 54.5 Å². The molecule has 0 spiro atoms. The molecule has 0 bridgehead atoms. The Bertz CT molecular complexity index is 868. The van der Waals surface area contributed by atoms with Crippen LogP contribution in [0.3, 0.4) is 0 Å². The molecule has 0 amide bonds. The lowest BCUT2D eigenvalue weighted by atomic mass is 9.96. The summed E-state index contributed by atoms with van der Waals surface area (Å²) in [5.41, 5.74) is 0.385. The maximum atomic E-state index is 9.38. The molecule has 1 unspecified atom stereocenters. The zero-order chi connectivity index (χ0) is 21.6. The monoisotopic (exact) mass is 308 g/mol. The van der Waals surface area contributed by atoms with Gasteiger partial charge < -0.3 is 4.90 Å². The standard InChI is InChI=1S/C18H21ClN2/c1-20-11-13-21(14-12-20)18(15-5-3-2-4-6-15)16-7-9-17(19)10-8-16/h2-10,18H,11-14H2,1H3/i1D3,7D,8D,9D,10D,18D. The van der Waals surface area contributed by atoms with Gasteiger partial charge in [-0.3, -0.25) is 4.90 Å². The maximum absolute atomic E-state index is 9.38. The lowest BCUT2D eigenvalue weighted by molar-refractivity contribution is 0.127. The van der Waals surface area contributed by atoms with E-state index in [-0.39, 0.29) is 48.8 Å². The fraction of sp³-hybridized carbons (Fsp3) is 0.333. The number of nitrogens with zero attached hydrogens (tertiary/aromatic N) is 2. The molecule has 1 saturated heterocycles. The van der Waals surface area contributed by atoms with Crippen molar-refractivity contribution in [2.45, 2.75) is 6.02 Å². The fourth-order valence-corrected chi connectivity index (χ4v) is 2.52. The van der Waals surface area contributed by atoms with Gasteiger partial charge in [-0.1, -0.05) is 54.0 Å². The number of rotatable bonds is 3. The Morgan fingerprint density at radius 1 is 1.05 bits per heavy atom. The van der Waals surface area contributed by atoms with Crippen LogP contribution < -0.4 is 0 Å². The molecule has 2 aromatic rings. The van der Waals surface area contributed by atoms with Crippen LogP contribution in [0.1, 0.15) is 28.1 Å². The summed E-state index contributed by atoms with van der Waals surface area (Å²) in [5.74, 6) is 0. The molecule has 1 fully saturated rings. The molecule has 0 N–H and O–H groups in total. The van der Waals surface area contributed by atoms with Gasteiger partial charge in [-0.25, -0.2) is 0 Å². The van der Waals surface area contributed by atoms with E-state index in [9.17, 15) is 1.37 Å². The van der Waals surface area contributed by atoms with Gasteiger partial charge in [0.25, 0.3) is 0 Å². The van der Waals surface area contributed by atoms with Crippen molar-refractivity contribution in [3.8, 4) is 0 Å². The van der Waals surface area contributed by atoms with E-state index in [1.807, 2.05) is 0 Å². The van der Waals surface area contributed by atoms with Gasteiger partial charge in [0.05, 0.1) is 12.9 Å². The highest BCUT2D eigenvalue weighted by atomic mass is 35.5. The largest absolute Gasteiger partial charge is 0.304 e. The Kier molecular flexibility index (Phi) is 2.45. The topological polar surface area (TPSA) is 6.48 Å². The predicted molar refractivity (Wildman–Crippen MR) is 88.8 cm³/mol. The summed E-state index contributed by atoms with van der Waals surface area (Å²) in [6.45, 7) is -1.40. The van der Waals surface area contributed by atoms with Crippen LogP contribution in [0, 0.1) is 0 Å². The fourth-order valence-electron chi connectivity index (χ4n) is 2.43. The molecule has 1 aliphatic rings. The van der Waals surface area contributed by atoms with Crippen molar-refractivity contribution in [2.24, 2.45) is 0 Å².